The van der Waals surface area contributed by atoms with Crippen LogP contribution in [0.25, 0.3) is 0 Å². The topological polar surface area (TPSA) is 69.7 Å². The summed E-state index contributed by atoms with van der Waals surface area (Å²) in [6, 6.07) is 6.47. The Morgan fingerprint density at radius 2 is 1.83 bits per heavy atom. The molecule has 1 amide bonds. The summed E-state index contributed by atoms with van der Waals surface area (Å²) in [4.78, 5) is 17.3. The molecule has 8 heteroatoms. The number of hydrogen-bond donors (Lipinski definition) is 1. The van der Waals surface area contributed by atoms with E-state index in [0.29, 0.717) is 5.92 Å². The Labute approximate surface area is 183 Å². The molecule has 1 unspecified atom stereocenters. The van der Waals surface area contributed by atoms with Crippen molar-refractivity contribution in [2.75, 3.05) is 39.3 Å². The molecule has 0 aliphatic carbocycles. The van der Waals surface area contributed by atoms with Gasteiger partial charge in [-0.05, 0) is 74.9 Å². The van der Waals surface area contributed by atoms with Gasteiger partial charge in [-0.2, -0.15) is 0 Å². The molecule has 162 valence electrons. The Morgan fingerprint density at radius 1 is 1.14 bits per heavy atom. The lowest BCUT2D eigenvalue weighted by atomic mass is 9.94. The zero-order chi connectivity index (χ0) is 20.9. The highest BCUT2D eigenvalue weighted by molar-refractivity contribution is 9.10. The average molecular weight is 486 g/mol. The molecular weight excluding hydrogens is 454 g/mol. The quantitative estimate of drug-likeness (QED) is 0.643. The van der Waals surface area contributed by atoms with Gasteiger partial charge in [0.15, 0.2) is 0 Å². The van der Waals surface area contributed by atoms with Gasteiger partial charge in [0, 0.05) is 37.1 Å². The normalized spacial score (nSPS) is 22.0. The number of halogens is 1. The first-order valence-electron chi connectivity index (χ1n) is 10.6. The van der Waals surface area contributed by atoms with Gasteiger partial charge in [0.1, 0.15) is 0 Å². The van der Waals surface area contributed by atoms with Gasteiger partial charge < -0.3 is 9.80 Å². The maximum Gasteiger partial charge on any atom is 0.240 e. The molecule has 29 heavy (non-hydrogen) atoms. The third-order valence-electron chi connectivity index (χ3n) is 6.02. The summed E-state index contributed by atoms with van der Waals surface area (Å²) >= 11 is 3.30. The highest BCUT2D eigenvalue weighted by Gasteiger charge is 2.26. The van der Waals surface area contributed by atoms with Gasteiger partial charge in [-0.15, -0.1) is 0 Å². The van der Waals surface area contributed by atoms with E-state index in [9.17, 15) is 13.2 Å². The standard InChI is InChI=1S/C21H32BrN3O3S/c1-17-9-13-24(14-10-17)15-18-3-2-12-25(16-18)21(26)8-11-23-29(27,28)20-6-4-19(22)5-7-20/h4-7,17-18,23H,2-3,8-16H2,1H3. The molecule has 2 aliphatic heterocycles. The van der Waals surface area contributed by atoms with Crippen molar-refractivity contribution >= 4 is 31.9 Å². The number of amides is 1. The minimum Gasteiger partial charge on any atom is -0.342 e. The maximum atomic E-state index is 12.6. The largest absolute Gasteiger partial charge is 0.342 e. The molecule has 1 aromatic carbocycles. The van der Waals surface area contributed by atoms with E-state index in [2.05, 4.69) is 32.5 Å². The second-order valence-corrected chi connectivity index (χ2v) is 11.1. The van der Waals surface area contributed by atoms with Crippen LogP contribution in [0.15, 0.2) is 33.6 Å². The fourth-order valence-electron chi connectivity index (χ4n) is 4.20. The maximum absolute atomic E-state index is 12.6. The second kappa shape index (κ2) is 10.4. The molecule has 0 saturated carbocycles. The van der Waals surface area contributed by atoms with Crippen molar-refractivity contribution in [2.45, 2.75) is 43.9 Å². The van der Waals surface area contributed by atoms with Gasteiger partial charge in [0.2, 0.25) is 15.9 Å². The van der Waals surface area contributed by atoms with Crippen molar-refractivity contribution in [2.24, 2.45) is 11.8 Å². The van der Waals surface area contributed by atoms with E-state index in [0.717, 1.165) is 36.4 Å². The average Bonchev–Trinajstić information content (AvgIpc) is 2.70. The van der Waals surface area contributed by atoms with E-state index < -0.39 is 10.0 Å². The number of benzene rings is 1. The van der Waals surface area contributed by atoms with Crippen LogP contribution in [0.1, 0.15) is 39.0 Å². The summed E-state index contributed by atoms with van der Waals surface area (Å²) in [5.74, 6) is 1.40. The van der Waals surface area contributed by atoms with Gasteiger partial charge in [-0.1, -0.05) is 22.9 Å². The molecule has 1 N–H and O–H groups in total. The Hall–Kier alpha value is -0.960. The first kappa shape index (κ1) is 22.7. The van der Waals surface area contributed by atoms with Crippen LogP contribution >= 0.6 is 15.9 Å². The molecule has 2 aliphatic rings. The molecule has 0 bridgehead atoms. The van der Waals surface area contributed by atoms with Crippen molar-refractivity contribution in [3.8, 4) is 0 Å². The van der Waals surface area contributed by atoms with Crippen molar-refractivity contribution in [1.29, 1.82) is 0 Å². The molecule has 1 atom stereocenters. The van der Waals surface area contributed by atoms with Crippen molar-refractivity contribution in [3.05, 3.63) is 28.7 Å². The molecule has 0 radical (unpaired) electrons. The van der Waals surface area contributed by atoms with Crippen molar-refractivity contribution in [3.63, 3.8) is 0 Å². The number of hydrogen-bond acceptors (Lipinski definition) is 4. The van der Waals surface area contributed by atoms with Gasteiger partial charge in [0.25, 0.3) is 0 Å². The summed E-state index contributed by atoms with van der Waals surface area (Å²) < 4.78 is 28.1. The minimum absolute atomic E-state index is 0.0421. The van der Waals surface area contributed by atoms with E-state index in [-0.39, 0.29) is 23.8 Å². The lowest BCUT2D eigenvalue weighted by molar-refractivity contribution is -0.133. The van der Waals surface area contributed by atoms with Crippen LogP contribution in [0.3, 0.4) is 0 Å². The van der Waals surface area contributed by atoms with E-state index in [1.54, 1.807) is 24.3 Å². The van der Waals surface area contributed by atoms with Gasteiger partial charge in [-0.25, -0.2) is 13.1 Å². The molecule has 6 nitrogen and oxygen atoms in total. The van der Waals surface area contributed by atoms with Crippen molar-refractivity contribution < 1.29 is 13.2 Å². The molecule has 2 heterocycles. The lowest BCUT2D eigenvalue weighted by Crippen LogP contribution is -2.45. The summed E-state index contributed by atoms with van der Waals surface area (Å²) in [6.45, 7) is 7.45. The molecule has 2 fully saturated rings. The number of rotatable bonds is 7. The fraction of sp³-hybridized carbons (Fsp3) is 0.667. The molecule has 1 aromatic rings. The monoisotopic (exact) mass is 485 g/mol. The third-order valence-corrected chi connectivity index (χ3v) is 8.02. The zero-order valence-corrected chi connectivity index (χ0v) is 19.6. The van der Waals surface area contributed by atoms with Crippen molar-refractivity contribution in [1.82, 2.24) is 14.5 Å². The Morgan fingerprint density at radius 3 is 2.52 bits per heavy atom. The van der Waals surface area contributed by atoms with Gasteiger partial charge in [-0.3, -0.25) is 4.79 Å². The number of piperidine rings is 2. The predicted molar refractivity (Wildman–Crippen MR) is 118 cm³/mol. The van der Waals surface area contributed by atoms with Crippen LogP contribution in [0.4, 0.5) is 0 Å². The molecule has 3 rings (SSSR count). The van der Waals surface area contributed by atoms with Crippen LogP contribution in [0.2, 0.25) is 0 Å². The van der Waals surface area contributed by atoms with Crippen LogP contribution in [0.5, 0.6) is 0 Å². The first-order chi connectivity index (χ1) is 13.8. The number of sulfonamides is 1. The molecule has 2 saturated heterocycles. The summed E-state index contributed by atoms with van der Waals surface area (Å²) in [5, 5.41) is 0. The van der Waals surface area contributed by atoms with Crippen LogP contribution in [-0.2, 0) is 14.8 Å². The molecule has 0 spiro atoms. The SMILES string of the molecule is CC1CCN(CC2CCCN(C(=O)CCNS(=O)(=O)c3ccc(Br)cc3)C2)CC1. The Bertz CT molecular complexity index is 777. The highest BCUT2D eigenvalue weighted by Crippen LogP contribution is 2.22. The summed E-state index contributed by atoms with van der Waals surface area (Å²) in [5.41, 5.74) is 0. The number of carbonyl (C=O) groups excluding carboxylic acids is 1. The summed E-state index contributed by atoms with van der Waals surface area (Å²) in [7, 11) is -3.59. The molecular formula is C21H32BrN3O3S. The predicted octanol–water partition coefficient (Wildman–Crippen LogP) is 3.09. The smallest absolute Gasteiger partial charge is 0.240 e. The van der Waals surface area contributed by atoms with E-state index in [1.165, 1.54) is 32.4 Å². The zero-order valence-electron chi connectivity index (χ0n) is 17.1. The second-order valence-electron chi connectivity index (χ2n) is 8.43. The third kappa shape index (κ3) is 6.77. The number of nitrogens with one attached hydrogen (secondary N) is 1. The Balaban J connectivity index is 1.43. The Kier molecular flexibility index (Phi) is 8.13. The fourth-order valence-corrected chi connectivity index (χ4v) is 5.49. The number of likely N-dealkylation sites (tertiary alicyclic amines) is 2. The van der Waals surface area contributed by atoms with Gasteiger partial charge in [0.05, 0.1) is 4.90 Å². The van der Waals surface area contributed by atoms with Crippen LogP contribution in [0, 0.1) is 11.8 Å². The summed E-state index contributed by atoms with van der Waals surface area (Å²) in [6.07, 6.45) is 4.95. The van der Waals surface area contributed by atoms with Crippen LogP contribution in [-0.4, -0.2) is 63.4 Å². The molecule has 0 aromatic heterocycles. The number of nitrogens with zero attached hydrogens (tertiary/aromatic N) is 2. The lowest BCUT2D eigenvalue weighted by Gasteiger charge is -2.38. The van der Waals surface area contributed by atoms with E-state index in [1.807, 2.05) is 4.90 Å². The van der Waals surface area contributed by atoms with E-state index in [4.69, 9.17) is 0 Å². The highest BCUT2D eigenvalue weighted by atomic mass is 79.9. The van der Waals surface area contributed by atoms with Crippen LogP contribution < -0.4 is 4.72 Å². The minimum atomic E-state index is -3.59. The van der Waals surface area contributed by atoms with E-state index >= 15 is 0 Å². The number of carbonyl (C=O) groups is 1. The first-order valence-corrected chi connectivity index (χ1v) is 12.9. The van der Waals surface area contributed by atoms with Gasteiger partial charge >= 0.3 is 0 Å².